The van der Waals surface area contributed by atoms with E-state index in [4.69, 9.17) is 4.52 Å². The first-order valence-electron chi connectivity index (χ1n) is 9.07. The van der Waals surface area contributed by atoms with Crippen molar-refractivity contribution in [2.75, 3.05) is 13.1 Å². The third-order valence-electron chi connectivity index (χ3n) is 4.16. The maximum atomic E-state index is 13.4. The fourth-order valence-electron chi connectivity index (χ4n) is 2.89. The molecule has 0 aliphatic rings. The van der Waals surface area contributed by atoms with Crippen molar-refractivity contribution in [2.45, 2.75) is 38.5 Å². The van der Waals surface area contributed by atoms with E-state index in [1.165, 1.54) is 27.8 Å². The van der Waals surface area contributed by atoms with Crippen LogP contribution in [0.1, 0.15) is 31.6 Å². The molecular weight excluding hydrogens is 401 g/mol. The van der Waals surface area contributed by atoms with Crippen LogP contribution >= 0.6 is 11.3 Å². The van der Waals surface area contributed by atoms with Gasteiger partial charge in [0.2, 0.25) is 15.8 Å². The number of sulfonamides is 1. The molecule has 0 fully saturated rings. The van der Waals surface area contributed by atoms with E-state index in [1.807, 2.05) is 13.8 Å². The molecule has 28 heavy (non-hydrogen) atoms. The van der Waals surface area contributed by atoms with E-state index in [1.54, 1.807) is 25.1 Å². The average Bonchev–Trinajstić information content (AvgIpc) is 3.28. The second kappa shape index (κ2) is 8.50. The summed E-state index contributed by atoms with van der Waals surface area (Å²) < 4.78 is 46.4. The number of thiophene rings is 1. The SMILES string of the molecule is CCCN(CCC)S(=O)(=O)c1cc(-c2nc(-c3cccc(F)c3)no2)sc1C. The Labute approximate surface area is 168 Å². The predicted octanol–water partition coefficient (Wildman–Crippen LogP) is 4.72. The normalized spacial score (nSPS) is 12.0. The van der Waals surface area contributed by atoms with E-state index < -0.39 is 15.8 Å². The smallest absolute Gasteiger partial charge is 0.268 e. The van der Waals surface area contributed by atoms with Gasteiger partial charge in [-0.1, -0.05) is 31.1 Å². The van der Waals surface area contributed by atoms with Crippen molar-refractivity contribution >= 4 is 21.4 Å². The molecule has 0 atom stereocenters. The molecule has 0 bridgehead atoms. The van der Waals surface area contributed by atoms with Crippen LogP contribution in [0.15, 0.2) is 39.8 Å². The lowest BCUT2D eigenvalue weighted by Gasteiger charge is -2.20. The van der Waals surface area contributed by atoms with Crippen molar-refractivity contribution in [1.29, 1.82) is 0 Å². The maximum Gasteiger partial charge on any atom is 0.268 e. The van der Waals surface area contributed by atoms with Gasteiger partial charge in [-0.3, -0.25) is 0 Å². The molecule has 0 spiro atoms. The van der Waals surface area contributed by atoms with Crippen LogP contribution in [0.3, 0.4) is 0 Å². The average molecular weight is 424 g/mol. The van der Waals surface area contributed by atoms with Crippen LogP contribution in [0.2, 0.25) is 0 Å². The Kier molecular flexibility index (Phi) is 6.26. The Morgan fingerprint density at radius 2 is 1.89 bits per heavy atom. The van der Waals surface area contributed by atoms with Gasteiger partial charge in [0.15, 0.2) is 0 Å². The number of rotatable bonds is 8. The molecular formula is C19H22FN3O3S2. The number of aryl methyl sites for hydroxylation is 1. The molecule has 9 heteroatoms. The summed E-state index contributed by atoms with van der Waals surface area (Å²) in [7, 11) is -3.59. The third-order valence-corrected chi connectivity index (χ3v) is 7.35. The van der Waals surface area contributed by atoms with Gasteiger partial charge < -0.3 is 4.52 Å². The van der Waals surface area contributed by atoms with Gasteiger partial charge >= 0.3 is 0 Å². The van der Waals surface area contributed by atoms with Crippen LogP contribution in [-0.2, 0) is 10.0 Å². The van der Waals surface area contributed by atoms with Gasteiger partial charge in [0.25, 0.3) is 5.89 Å². The summed E-state index contributed by atoms with van der Waals surface area (Å²) in [6, 6.07) is 7.48. The molecule has 0 aliphatic carbocycles. The number of aromatic nitrogens is 2. The minimum atomic E-state index is -3.59. The van der Waals surface area contributed by atoms with Crippen LogP contribution in [0.5, 0.6) is 0 Å². The Balaban J connectivity index is 1.94. The zero-order valence-corrected chi connectivity index (χ0v) is 17.6. The molecule has 0 radical (unpaired) electrons. The van der Waals surface area contributed by atoms with E-state index in [9.17, 15) is 12.8 Å². The Morgan fingerprint density at radius 1 is 1.18 bits per heavy atom. The van der Waals surface area contributed by atoms with Gasteiger partial charge in [0.1, 0.15) is 5.82 Å². The summed E-state index contributed by atoms with van der Waals surface area (Å²) in [6.07, 6.45) is 1.49. The first kappa shape index (κ1) is 20.6. The van der Waals surface area contributed by atoms with Crippen molar-refractivity contribution in [1.82, 2.24) is 14.4 Å². The summed E-state index contributed by atoms with van der Waals surface area (Å²) in [5.41, 5.74) is 0.494. The molecule has 0 saturated carbocycles. The van der Waals surface area contributed by atoms with Crippen LogP contribution in [0.25, 0.3) is 22.2 Å². The standard InChI is InChI=1S/C19H22FN3O3S2/c1-4-9-23(10-5-2)28(24,25)17-12-16(27-13(17)3)19-21-18(22-26-19)14-7-6-8-15(20)11-14/h6-8,11-12H,4-5,9-10H2,1-3H3. The van der Waals surface area contributed by atoms with Crippen LogP contribution in [0.4, 0.5) is 4.39 Å². The van der Waals surface area contributed by atoms with Crippen LogP contribution in [-0.4, -0.2) is 36.0 Å². The highest BCUT2D eigenvalue weighted by Crippen LogP contribution is 2.35. The van der Waals surface area contributed by atoms with Gasteiger partial charge in [-0.05, 0) is 38.0 Å². The molecule has 3 aromatic rings. The molecule has 150 valence electrons. The van der Waals surface area contributed by atoms with Gasteiger partial charge in [-0.25, -0.2) is 12.8 Å². The zero-order valence-electron chi connectivity index (χ0n) is 16.0. The number of nitrogens with zero attached hydrogens (tertiary/aromatic N) is 3. The number of benzene rings is 1. The van der Waals surface area contributed by atoms with E-state index in [0.29, 0.717) is 28.4 Å². The molecule has 0 saturated heterocycles. The summed E-state index contributed by atoms with van der Waals surface area (Å²) >= 11 is 1.28. The van der Waals surface area contributed by atoms with E-state index in [2.05, 4.69) is 10.1 Å². The second-order valence-electron chi connectivity index (χ2n) is 6.37. The number of halogens is 1. The molecule has 6 nitrogen and oxygen atoms in total. The molecule has 2 aromatic heterocycles. The summed E-state index contributed by atoms with van der Waals surface area (Å²) in [5.74, 6) is 0.0750. The van der Waals surface area contributed by atoms with Crippen molar-refractivity contribution < 1.29 is 17.3 Å². The zero-order chi connectivity index (χ0) is 20.3. The quantitative estimate of drug-likeness (QED) is 0.524. The summed E-state index contributed by atoms with van der Waals surface area (Å²) in [5, 5.41) is 3.89. The minimum absolute atomic E-state index is 0.214. The van der Waals surface area contributed by atoms with Crippen LogP contribution in [0, 0.1) is 12.7 Å². The van der Waals surface area contributed by atoms with E-state index >= 15 is 0 Å². The molecule has 3 rings (SSSR count). The van der Waals surface area contributed by atoms with Crippen molar-refractivity contribution in [3.8, 4) is 22.2 Å². The first-order valence-corrected chi connectivity index (χ1v) is 11.3. The highest BCUT2D eigenvalue weighted by Gasteiger charge is 2.28. The highest BCUT2D eigenvalue weighted by molar-refractivity contribution is 7.89. The van der Waals surface area contributed by atoms with Crippen molar-refractivity contribution in [2.24, 2.45) is 0 Å². The lowest BCUT2D eigenvalue weighted by Crippen LogP contribution is -2.32. The van der Waals surface area contributed by atoms with Gasteiger partial charge in [-0.2, -0.15) is 9.29 Å². The van der Waals surface area contributed by atoms with Crippen LogP contribution < -0.4 is 0 Å². The molecule has 0 aliphatic heterocycles. The molecule has 0 amide bonds. The lowest BCUT2D eigenvalue weighted by molar-refractivity contribution is 0.410. The predicted molar refractivity (Wildman–Crippen MR) is 107 cm³/mol. The Morgan fingerprint density at radius 3 is 2.54 bits per heavy atom. The minimum Gasteiger partial charge on any atom is -0.333 e. The molecule has 0 unspecified atom stereocenters. The molecule has 1 aromatic carbocycles. The van der Waals surface area contributed by atoms with Crippen molar-refractivity contribution in [3.63, 3.8) is 0 Å². The maximum absolute atomic E-state index is 13.4. The van der Waals surface area contributed by atoms with E-state index in [-0.39, 0.29) is 16.6 Å². The Bertz CT molecular complexity index is 1050. The largest absolute Gasteiger partial charge is 0.333 e. The molecule has 2 heterocycles. The monoisotopic (exact) mass is 423 g/mol. The fourth-order valence-corrected chi connectivity index (χ4v) is 5.99. The van der Waals surface area contributed by atoms with Gasteiger partial charge in [0, 0.05) is 23.5 Å². The fraction of sp³-hybridized carbons (Fsp3) is 0.368. The lowest BCUT2D eigenvalue weighted by atomic mass is 10.2. The topological polar surface area (TPSA) is 76.3 Å². The van der Waals surface area contributed by atoms with Gasteiger partial charge in [-0.15, -0.1) is 11.3 Å². The molecule has 0 N–H and O–H groups in total. The summed E-state index contributed by atoms with van der Waals surface area (Å²) in [6.45, 7) is 6.63. The summed E-state index contributed by atoms with van der Waals surface area (Å²) in [4.78, 5) is 5.80. The Hall–Kier alpha value is -2.10. The van der Waals surface area contributed by atoms with E-state index in [0.717, 1.165) is 12.8 Å². The van der Waals surface area contributed by atoms with Gasteiger partial charge in [0.05, 0.1) is 9.77 Å². The third kappa shape index (κ3) is 4.16. The highest BCUT2D eigenvalue weighted by atomic mass is 32.2. The number of hydrogen-bond acceptors (Lipinski definition) is 6. The van der Waals surface area contributed by atoms with Crippen molar-refractivity contribution in [3.05, 3.63) is 41.0 Å². The first-order chi connectivity index (χ1) is 13.4. The number of hydrogen-bond donors (Lipinski definition) is 0. The second-order valence-corrected chi connectivity index (χ2v) is 9.53.